The molecular weight excluding hydrogens is 268 g/mol. The van der Waals surface area contributed by atoms with E-state index in [0.717, 1.165) is 11.1 Å². The molecule has 5 nitrogen and oxygen atoms in total. The van der Waals surface area contributed by atoms with Crippen molar-refractivity contribution in [2.24, 2.45) is 0 Å². The van der Waals surface area contributed by atoms with E-state index >= 15 is 0 Å². The van der Waals surface area contributed by atoms with Crippen LogP contribution in [0.1, 0.15) is 27.0 Å². The van der Waals surface area contributed by atoms with Crippen LogP contribution in [-0.2, 0) is 11.2 Å². The van der Waals surface area contributed by atoms with E-state index in [9.17, 15) is 9.59 Å². The molecule has 1 aromatic heterocycles. The smallest absolute Gasteiger partial charge is 0.337 e. The number of nitrogens with zero attached hydrogens (tertiary/aromatic N) is 1. The molecule has 21 heavy (non-hydrogen) atoms. The Labute approximate surface area is 122 Å². The molecule has 2 rings (SSSR count). The number of carbonyl (C=O) groups excluding carboxylic acids is 1. The van der Waals surface area contributed by atoms with Crippen molar-refractivity contribution in [1.82, 2.24) is 4.98 Å². The summed E-state index contributed by atoms with van der Waals surface area (Å²) in [6.45, 7) is 4.02. The van der Waals surface area contributed by atoms with Crippen LogP contribution >= 0.6 is 0 Å². The maximum atomic E-state index is 11.9. The number of aryl methyl sites for hydroxylation is 2. The monoisotopic (exact) mass is 284 g/mol. The molecule has 0 atom stereocenters. The van der Waals surface area contributed by atoms with Crippen molar-refractivity contribution in [3.63, 3.8) is 0 Å². The van der Waals surface area contributed by atoms with Crippen molar-refractivity contribution in [3.8, 4) is 0 Å². The van der Waals surface area contributed by atoms with E-state index in [0.29, 0.717) is 5.82 Å². The fourth-order valence-electron chi connectivity index (χ4n) is 1.88. The molecule has 0 aliphatic rings. The van der Waals surface area contributed by atoms with Gasteiger partial charge < -0.3 is 10.4 Å². The summed E-state index contributed by atoms with van der Waals surface area (Å²) in [6, 6.07) is 8.76. The minimum absolute atomic E-state index is 0.0853. The lowest BCUT2D eigenvalue weighted by molar-refractivity contribution is -0.115. The van der Waals surface area contributed by atoms with Gasteiger partial charge in [0.1, 0.15) is 5.82 Å². The molecule has 108 valence electrons. The highest BCUT2D eigenvalue weighted by molar-refractivity contribution is 5.92. The van der Waals surface area contributed by atoms with Gasteiger partial charge in [0.25, 0.3) is 0 Å². The highest BCUT2D eigenvalue weighted by atomic mass is 16.4. The minimum Gasteiger partial charge on any atom is -0.478 e. The van der Waals surface area contributed by atoms with E-state index in [4.69, 9.17) is 5.11 Å². The van der Waals surface area contributed by atoms with Gasteiger partial charge in [0, 0.05) is 6.20 Å². The Morgan fingerprint density at radius 1 is 1.14 bits per heavy atom. The third-order valence-corrected chi connectivity index (χ3v) is 3.21. The topological polar surface area (TPSA) is 79.3 Å². The van der Waals surface area contributed by atoms with Crippen LogP contribution < -0.4 is 5.32 Å². The summed E-state index contributed by atoms with van der Waals surface area (Å²) < 4.78 is 0. The Morgan fingerprint density at radius 2 is 1.90 bits per heavy atom. The molecule has 1 heterocycles. The average molecular weight is 284 g/mol. The van der Waals surface area contributed by atoms with Gasteiger partial charge in [-0.3, -0.25) is 4.79 Å². The summed E-state index contributed by atoms with van der Waals surface area (Å²) in [4.78, 5) is 26.5. The van der Waals surface area contributed by atoms with Crippen LogP contribution in [0.15, 0.2) is 36.5 Å². The molecule has 0 aliphatic carbocycles. The number of pyridine rings is 1. The molecule has 2 N–H and O–H groups in total. The Kier molecular flexibility index (Phi) is 4.33. The van der Waals surface area contributed by atoms with Gasteiger partial charge in [-0.15, -0.1) is 0 Å². The quantitative estimate of drug-likeness (QED) is 0.904. The van der Waals surface area contributed by atoms with Crippen LogP contribution in [0.5, 0.6) is 0 Å². The number of aromatic nitrogens is 1. The zero-order valence-electron chi connectivity index (χ0n) is 11.9. The second-order valence-corrected chi connectivity index (χ2v) is 4.88. The zero-order valence-corrected chi connectivity index (χ0v) is 11.9. The van der Waals surface area contributed by atoms with Gasteiger partial charge in [-0.05, 0) is 42.7 Å². The summed E-state index contributed by atoms with van der Waals surface area (Å²) in [5.74, 6) is -0.891. The predicted octanol–water partition coefficient (Wildman–Crippen LogP) is 2.58. The third-order valence-electron chi connectivity index (χ3n) is 3.21. The number of hydrogen-bond acceptors (Lipinski definition) is 3. The van der Waals surface area contributed by atoms with E-state index in [-0.39, 0.29) is 17.9 Å². The fourth-order valence-corrected chi connectivity index (χ4v) is 1.88. The molecule has 0 radical (unpaired) electrons. The molecule has 0 unspecified atom stereocenters. The van der Waals surface area contributed by atoms with Gasteiger partial charge in [0.2, 0.25) is 5.91 Å². The lowest BCUT2D eigenvalue weighted by Crippen LogP contribution is -2.15. The SMILES string of the molecule is Cc1ccc(CC(=O)Nc2ccc(C(=O)O)cn2)cc1C. The van der Waals surface area contributed by atoms with Crippen LogP contribution in [0.2, 0.25) is 0 Å². The molecule has 0 spiro atoms. The Balaban J connectivity index is 2.01. The Morgan fingerprint density at radius 3 is 2.48 bits per heavy atom. The number of aromatic carboxylic acids is 1. The zero-order chi connectivity index (χ0) is 15.4. The second-order valence-electron chi connectivity index (χ2n) is 4.88. The number of anilines is 1. The lowest BCUT2D eigenvalue weighted by atomic mass is 10.0. The molecule has 1 aromatic carbocycles. The lowest BCUT2D eigenvalue weighted by Gasteiger charge is -2.07. The van der Waals surface area contributed by atoms with Gasteiger partial charge in [-0.25, -0.2) is 9.78 Å². The van der Waals surface area contributed by atoms with Crippen molar-refractivity contribution in [2.45, 2.75) is 20.3 Å². The highest BCUT2D eigenvalue weighted by Crippen LogP contribution is 2.11. The largest absolute Gasteiger partial charge is 0.478 e. The second kappa shape index (κ2) is 6.17. The minimum atomic E-state index is -1.05. The van der Waals surface area contributed by atoms with E-state index in [1.807, 2.05) is 32.0 Å². The molecule has 0 fully saturated rings. The van der Waals surface area contributed by atoms with E-state index in [2.05, 4.69) is 10.3 Å². The summed E-state index contributed by atoms with van der Waals surface area (Å²) in [5.41, 5.74) is 3.34. The normalized spacial score (nSPS) is 10.2. The molecule has 2 aromatic rings. The number of hydrogen-bond donors (Lipinski definition) is 2. The van der Waals surface area contributed by atoms with Crippen molar-refractivity contribution in [3.05, 3.63) is 58.8 Å². The Bertz CT molecular complexity index is 678. The first-order valence-electron chi connectivity index (χ1n) is 6.51. The van der Waals surface area contributed by atoms with E-state index in [1.54, 1.807) is 0 Å². The van der Waals surface area contributed by atoms with Gasteiger partial charge in [-0.1, -0.05) is 18.2 Å². The number of carboxylic acid groups (broad SMARTS) is 1. The van der Waals surface area contributed by atoms with E-state index < -0.39 is 5.97 Å². The van der Waals surface area contributed by atoms with Crippen LogP contribution in [0.25, 0.3) is 0 Å². The van der Waals surface area contributed by atoms with Gasteiger partial charge in [0.15, 0.2) is 0 Å². The maximum Gasteiger partial charge on any atom is 0.337 e. The van der Waals surface area contributed by atoms with Crippen LogP contribution in [0, 0.1) is 13.8 Å². The number of amides is 1. The molecule has 0 aliphatic heterocycles. The van der Waals surface area contributed by atoms with Gasteiger partial charge >= 0.3 is 5.97 Å². The first-order chi connectivity index (χ1) is 9.95. The standard InChI is InChI=1S/C16H16N2O3/c1-10-3-4-12(7-11(10)2)8-15(19)18-14-6-5-13(9-17-14)16(20)21/h3-7,9H,8H2,1-2H3,(H,20,21)(H,17,18,19). The van der Waals surface area contributed by atoms with Crippen molar-refractivity contribution in [2.75, 3.05) is 5.32 Å². The summed E-state index contributed by atoms with van der Waals surface area (Å²) in [7, 11) is 0. The number of carboxylic acids is 1. The number of benzene rings is 1. The fraction of sp³-hybridized carbons (Fsp3) is 0.188. The number of nitrogens with one attached hydrogen (secondary N) is 1. The van der Waals surface area contributed by atoms with Crippen molar-refractivity contribution >= 4 is 17.7 Å². The summed E-state index contributed by atoms with van der Waals surface area (Å²) in [6.07, 6.45) is 1.47. The summed E-state index contributed by atoms with van der Waals surface area (Å²) in [5, 5.41) is 11.4. The first kappa shape index (κ1) is 14.7. The van der Waals surface area contributed by atoms with Gasteiger partial charge in [0.05, 0.1) is 12.0 Å². The van der Waals surface area contributed by atoms with Crippen LogP contribution in [0.4, 0.5) is 5.82 Å². The molecule has 1 amide bonds. The third kappa shape index (κ3) is 3.89. The van der Waals surface area contributed by atoms with E-state index in [1.165, 1.54) is 23.9 Å². The maximum absolute atomic E-state index is 11.9. The van der Waals surface area contributed by atoms with Crippen molar-refractivity contribution in [1.29, 1.82) is 0 Å². The first-order valence-corrected chi connectivity index (χ1v) is 6.51. The Hall–Kier alpha value is -2.69. The van der Waals surface area contributed by atoms with Crippen LogP contribution in [0.3, 0.4) is 0 Å². The van der Waals surface area contributed by atoms with Gasteiger partial charge in [-0.2, -0.15) is 0 Å². The summed E-state index contributed by atoms with van der Waals surface area (Å²) >= 11 is 0. The molecule has 0 saturated heterocycles. The molecular formula is C16H16N2O3. The highest BCUT2D eigenvalue weighted by Gasteiger charge is 2.07. The number of carbonyl (C=O) groups is 2. The number of rotatable bonds is 4. The predicted molar refractivity (Wildman–Crippen MR) is 79.4 cm³/mol. The van der Waals surface area contributed by atoms with Crippen molar-refractivity contribution < 1.29 is 14.7 Å². The molecule has 5 heteroatoms. The molecule has 0 bridgehead atoms. The van der Waals surface area contributed by atoms with Crippen LogP contribution in [-0.4, -0.2) is 22.0 Å². The average Bonchev–Trinajstić information content (AvgIpc) is 2.43. The molecule has 0 saturated carbocycles.